The molecule has 1 atom stereocenters. The first-order valence-corrected chi connectivity index (χ1v) is 10.9. The van der Waals surface area contributed by atoms with Crippen LogP contribution >= 0.6 is 0 Å². The van der Waals surface area contributed by atoms with Crippen LogP contribution in [0.25, 0.3) is 0 Å². The Morgan fingerprint density at radius 1 is 1.18 bits per heavy atom. The topological polar surface area (TPSA) is 72.0 Å². The molecule has 3 heterocycles. The van der Waals surface area contributed by atoms with Crippen LogP contribution in [0.4, 0.5) is 0 Å². The largest absolute Gasteiger partial charge is 0.483 e. The minimum absolute atomic E-state index is 0.228. The fourth-order valence-electron chi connectivity index (χ4n) is 3.95. The average Bonchev–Trinajstić information content (AvgIpc) is 3.04. The molecule has 1 fully saturated rings. The van der Waals surface area contributed by atoms with Crippen LogP contribution in [0.5, 0.6) is 5.75 Å². The number of nitrogens with zero attached hydrogens (tertiary/aromatic N) is 3. The van der Waals surface area contributed by atoms with Gasteiger partial charge in [0.2, 0.25) is 10.0 Å². The molecule has 0 N–H and O–H groups in total. The molecule has 2 aliphatic heterocycles. The van der Waals surface area contributed by atoms with E-state index in [-0.39, 0.29) is 4.90 Å². The van der Waals surface area contributed by atoms with Gasteiger partial charge in [0, 0.05) is 45.9 Å². The highest BCUT2D eigenvalue weighted by atomic mass is 32.2. The van der Waals surface area contributed by atoms with Crippen molar-refractivity contribution >= 4 is 10.0 Å². The monoisotopic (exact) mass is 403 g/mol. The molecule has 1 aromatic heterocycles. The number of fused-ring (bicyclic) bond motifs is 1. The third-order valence-electron chi connectivity index (χ3n) is 5.31. The maximum Gasteiger partial charge on any atom is 0.246 e. The lowest BCUT2D eigenvalue weighted by Gasteiger charge is -2.32. The summed E-state index contributed by atoms with van der Waals surface area (Å²) in [5, 5.41) is 0. The zero-order valence-electron chi connectivity index (χ0n) is 16.0. The van der Waals surface area contributed by atoms with Crippen molar-refractivity contribution in [1.82, 2.24) is 14.2 Å². The zero-order chi connectivity index (χ0) is 19.6. The number of ether oxygens (including phenoxy) is 2. The molecular formula is C20H25N3O4S. The number of sulfonamides is 1. The van der Waals surface area contributed by atoms with Crippen LogP contribution < -0.4 is 4.74 Å². The molecule has 2 aromatic rings. The van der Waals surface area contributed by atoms with Crippen LogP contribution in [-0.4, -0.2) is 68.1 Å². The predicted molar refractivity (Wildman–Crippen MR) is 105 cm³/mol. The van der Waals surface area contributed by atoms with E-state index in [9.17, 15) is 8.42 Å². The van der Waals surface area contributed by atoms with Gasteiger partial charge in [-0.1, -0.05) is 18.2 Å². The number of aromatic nitrogens is 1. The molecule has 1 spiro atoms. The lowest BCUT2D eigenvalue weighted by atomic mass is 10.0. The number of methoxy groups -OCH3 is 1. The fourth-order valence-corrected chi connectivity index (χ4v) is 5.56. The molecule has 0 amide bonds. The van der Waals surface area contributed by atoms with Gasteiger partial charge in [0.05, 0.1) is 18.8 Å². The van der Waals surface area contributed by atoms with E-state index in [1.165, 1.54) is 4.31 Å². The summed E-state index contributed by atoms with van der Waals surface area (Å²) < 4.78 is 39.5. The van der Waals surface area contributed by atoms with Gasteiger partial charge in [-0.3, -0.25) is 9.88 Å². The molecule has 150 valence electrons. The lowest BCUT2D eigenvalue weighted by Crippen LogP contribution is -2.49. The average molecular weight is 404 g/mol. The van der Waals surface area contributed by atoms with Gasteiger partial charge in [-0.25, -0.2) is 8.42 Å². The summed E-state index contributed by atoms with van der Waals surface area (Å²) in [5.41, 5.74) is 0.416. The van der Waals surface area contributed by atoms with Crippen molar-refractivity contribution in [3.8, 4) is 5.75 Å². The molecule has 7 nitrogen and oxygen atoms in total. The summed E-state index contributed by atoms with van der Waals surface area (Å²) in [7, 11) is -2.06. The van der Waals surface area contributed by atoms with Crippen molar-refractivity contribution in [1.29, 1.82) is 0 Å². The number of pyridine rings is 1. The Balaban J connectivity index is 1.62. The second kappa shape index (κ2) is 7.79. The van der Waals surface area contributed by atoms with E-state index in [4.69, 9.17) is 9.47 Å². The normalized spacial score (nSPS) is 24.6. The van der Waals surface area contributed by atoms with Crippen molar-refractivity contribution in [2.45, 2.75) is 23.5 Å². The molecule has 1 saturated heterocycles. The lowest BCUT2D eigenvalue weighted by molar-refractivity contribution is 0.0532. The Morgan fingerprint density at radius 3 is 2.79 bits per heavy atom. The van der Waals surface area contributed by atoms with Gasteiger partial charge in [-0.2, -0.15) is 4.31 Å². The first-order chi connectivity index (χ1) is 13.5. The van der Waals surface area contributed by atoms with Crippen molar-refractivity contribution in [3.05, 3.63) is 54.4 Å². The van der Waals surface area contributed by atoms with Crippen LogP contribution in [-0.2, 0) is 21.3 Å². The van der Waals surface area contributed by atoms with Gasteiger partial charge in [-0.15, -0.1) is 0 Å². The number of likely N-dealkylation sites (tertiary alicyclic amines) is 1. The third kappa shape index (κ3) is 3.77. The second-order valence-corrected chi connectivity index (χ2v) is 9.25. The van der Waals surface area contributed by atoms with E-state index < -0.39 is 15.6 Å². The minimum Gasteiger partial charge on any atom is -0.483 e. The number of rotatable bonds is 5. The molecule has 0 bridgehead atoms. The van der Waals surface area contributed by atoms with Crippen LogP contribution in [0.2, 0.25) is 0 Å². The molecular weight excluding hydrogens is 378 g/mol. The van der Waals surface area contributed by atoms with E-state index in [0.29, 0.717) is 32.0 Å². The Morgan fingerprint density at radius 2 is 2.00 bits per heavy atom. The summed E-state index contributed by atoms with van der Waals surface area (Å²) in [6.45, 7) is 3.16. The highest BCUT2D eigenvalue weighted by Gasteiger charge is 2.47. The Hall–Kier alpha value is -2.00. The SMILES string of the molecule is COCCN1C[C@]2(CCN(Cc3ccccn3)C2)Oc2ccccc2S1(=O)=O. The predicted octanol–water partition coefficient (Wildman–Crippen LogP) is 1.76. The van der Waals surface area contributed by atoms with Crippen LogP contribution in [0.15, 0.2) is 53.6 Å². The Kier molecular flexibility index (Phi) is 5.37. The van der Waals surface area contributed by atoms with Gasteiger partial charge in [-0.05, 0) is 24.3 Å². The Labute approximate surface area is 165 Å². The minimum atomic E-state index is -3.63. The number of para-hydroxylation sites is 1. The van der Waals surface area contributed by atoms with E-state index in [1.807, 2.05) is 24.3 Å². The molecule has 0 aliphatic carbocycles. The molecule has 0 radical (unpaired) electrons. The summed E-state index contributed by atoms with van der Waals surface area (Å²) in [4.78, 5) is 6.91. The van der Waals surface area contributed by atoms with Gasteiger partial charge in [0.15, 0.2) is 0 Å². The molecule has 4 rings (SSSR count). The first kappa shape index (κ1) is 19.3. The molecule has 2 aliphatic rings. The fraction of sp³-hybridized carbons (Fsp3) is 0.450. The Bertz CT molecular complexity index is 922. The summed E-state index contributed by atoms with van der Waals surface area (Å²) in [6.07, 6.45) is 2.55. The smallest absolute Gasteiger partial charge is 0.246 e. The summed E-state index contributed by atoms with van der Waals surface area (Å²) in [6, 6.07) is 12.8. The number of hydrogen-bond donors (Lipinski definition) is 0. The third-order valence-corrected chi connectivity index (χ3v) is 7.19. The van der Waals surface area contributed by atoms with Gasteiger partial charge in [0.25, 0.3) is 0 Å². The van der Waals surface area contributed by atoms with E-state index >= 15 is 0 Å². The maximum atomic E-state index is 13.2. The van der Waals surface area contributed by atoms with Crippen molar-refractivity contribution < 1.29 is 17.9 Å². The highest BCUT2D eigenvalue weighted by Crippen LogP contribution is 2.38. The van der Waals surface area contributed by atoms with E-state index in [2.05, 4.69) is 9.88 Å². The summed E-state index contributed by atoms with van der Waals surface area (Å²) in [5.74, 6) is 0.433. The van der Waals surface area contributed by atoms with Crippen LogP contribution in [0, 0.1) is 0 Å². The maximum absolute atomic E-state index is 13.2. The molecule has 28 heavy (non-hydrogen) atoms. The number of hydrogen-bond acceptors (Lipinski definition) is 6. The van der Waals surface area contributed by atoms with Crippen LogP contribution in [0.3, 0.4) is 0 Å². The van der Waals surface area contributed by atoms with E-state index in [1.54, 1.807) is 31.5 Å². The first-order valence-electron chi connectivity index (χ1n) is 9.42. The van der Waals surface area contributed by atoms with Crippen molar-refractivity contribution in [2.24, 2.45) is 0 Å². The second-order valence-electron chi connectivity index (χ2n) is 7.34. The molecule has 8 heteroatoms. The number of benzene rings is 1. The van der Waals surface area contributed by atoms with Gasteiger partial charge in [0.1, 0.15) is 16.2 Å². The standard InChI is InChI=1S/C20H25N3O4S/c1-26-13-12-23-16-20(27-18-7-2-3-8-19(18)28(23,24)25)9-11-22(15-20)14-17-6-4-5-10-21-17/h2-8,10H,9,11-16H2,1H3/t20-/m1/s1. The zero-order valence-corrected chi connectivity index (χ0v) is 16.8. The molecule has 1 aromatic carbocycles. The summed E-state index contributed by atoms with van der Waals surface area (Å²) >= 11 is 0. The van der Waals surface area contributed by atoms with Crippen molar-refractivity contribution in [2.75, 3.05) is 39.9 Å². The van der Waals surface area contributed by atoms with Crippen molar-refractivity contribution in [3.63, 3.8) is 0 Å². The van der Waals surface area contributed by atoms with Crippen LogP contribution in [0.1, 0.15) is 12.1 Å². The van der Waals surface area contributed by atoms with Gasteiger partial charge >= 0.3 is 0 Å². The quantitative estimate of drug-likeness (QED) is 0.758. The van der Waals surface area contributed by atoms with Gasteiger partial charge < -0.3 is 9.47 Å². The van der Waals surface area contributed by atoms with E-state index in [0.717, 1.165) is 25.2 Å². The molecule has 0 unspecified atom stereocenters. The highest BCUT2D eigenvalue weighted by molar-refractivity contribution is 7.89. The molecule has 0 saturated carbocycles.